The number of hydrogen-bond donors (Lipinski definition) is 2. The number of carbonyl (C=O) groups excluding carboxylic acids is 1. The molecule has 0 aliphatic heterocycles. The Labute approximate surface area is 108 Å². The molecule has 0 heterocycles. The number of ether oxygens (including phenoxy) is 1. The van der Waals surface area contributed by atoms with E-state index >= 15 is 0 Å². The normalized spacial score (nSPS) is 9.74. The van der Waals surface area contributed by atoms with Crippen LogP contribution in [0.15, 0.2) is 12.1 Å². The number of aliphatic carboxylic acids is 1. The predicted molar refractivity (Wildman–Crippen MR) is 62.9 cm³/mol. The Morgan fingerprint density at radius 3 is 2.74 bits per heavy atom. The molecule has 0 aromatic heterocycles. The SMILES string of the molecule is Cc1c(F)cc(C#N)cc1NC(=O)COCC(=O)O. The summed E-state index contributed by atoms with van der Waals surface area (Å²) in [5.74, 6) is -2.43. The first-order valence-electron chi connectivity index (χ1n) is 5.23. The van der Waals surface area contributed by atoms with Gasteiger partial charge >= 0.3 is 5.97 Å². The van der Waals surface area contributed by atoms with Crippen molar-refractivity contribution in [1.82, 2.24) is 0 Å². The molecule has 6 nitrogen and oxygen atoms in total. The van der Waals surface area contributed by atoms with E-state index in [2.05, 4.69) is 10.1 Å². The Hall–Kier alpha value is -2.46. The zero-order chi connectivity index (χ0) is 14.4. The fourth-order valence-electron chi connectivity index (χ4n) is 1.29. The summed E-state index contributed by atoms with van der Waals surface area (Å²) in [6.07, 6.45) is 0. The highest BCUT2D eigenvalue weighted by Gasteiger charge is 2.10. The molecule has 0 spiro atoms. The van der Waals surface area contributed by atoms with Gasteiger partial charge in [-0.3, -0.25) is 4.79 Å². The minimum absolute atomic E-state index is 0.0739. The number of nitriles is 1. The van der Waals surface area contributed by atoms with Gasteiger partial charge in [-0.25, -0.2) is 9.18 Å². The summed E-state index contributed by atoms with van der Waals surface area (Å²) < 4.78 is 18.0. The van der Waals surface area contributed by atoms with E-state index in [-0.39, 0.29) is 16.8 Å². The molecule has 0 saturated heterocycles. The first-order chi connectivity index (χ1) is 8.93. The van der Waals surface area contributed by atoms with Crippen molar-refractivity contribution >= 4 is 17.6 Å². The lowest BCUT2D eigenvalue weighted by molar-refractivity contribution is -0.143. The van der Waals surface area contributed by atoms with Crippen LogP contribution in [0.3, 0.4) is 0 Å². The maximum absolute atomic E-state index is 13.4. The molecule has 0 aliphatic rings. The molecule has 2 N–H and O–H groups in total. The van der Waals surface area contributed by atoms with Crippen LogP contribution in [0.1, 0.15) is 11.1 Å². The van der Waals surface area contributed by atoms with Crippen molar-refractivity contribution in [1.29, 1.82) is 5.26 Å². The zero-order valence-electron chi connectivity index (χ0n) is 10.1. The Morgan fingerprint density at radius 1 is 1.47 bits per heavy atom. The van der Waals surface area contributed by atoms with Crippen molar-refractivity contribution in [2.75, 3.05) is 18.5 Å². The van der Waals surface area contributed by atoms with Gasteiger partial charge in [-0.05, 0) is 19.1 Å². The Morgan fingerprint density at radius 2 is 2.16 bits per heavy atom. The van der Waals surface area contributed by atoms with E-state index in [1.54, 1.807) is 6.07 Å². The molecule has 7 heteroatoms. The van der Waals surface area contributed by atoms with Crippen LogP contribution >= 0.6 is 0 Å². The van der Waals surface area contributed by atoms with Crippen LogP contribution in [0.4, 0.5) is 10.1 Å². The number of hydrogen-bond acceptors (Lipinski definition) is 4. The van der Waals surface area contributed by atoms with Crippen molar-refractivity contribution in [3.05, 3.63) is 29.1 Å². The maximum atomic E-state index is 13.4. The fraction of sp³-hybridized carbons (Fsp3) is 0.250. The lowest BCUT2D eigenvalue weighted by Gasteiger charge is -2.09. The molecule has 1 amide bonds. The molecule has 0 radical (unpaired) electrons. The van der Waals surface area contributed by atoms with Gasteiger partial charge in [-0.2, -0.15) is 5.26 Å². The number of nitrogens with zero attached hydrogens (tertiary/aromatic N) is 1. The van der Waals surface area contributed by atoms with Crippen LogP contribution in [-0.2, 0) is 14.3 Å². The number of benzene rings is 1. The molecule has 19 heavy (non-hydrogen) atoms. The highest BCUT2D eigenvalue weighted by atomic mass is 19.1. The summed E-state index contributed by atoms with van der Waals surface area (Å²) >= 11 is 0. The molecule has 1 aromatic carbocycles. The van der Waals surface area contributed by atoms with Gasteiger partial charge < -0.3 is 15.2 Å². The Bertz CT molecular complexity index is 551. The number of halogens is 1. The third-order valence-corrected chi connectivity index (χ3v) is 2.21. The van der Waals surface area contributed by atoms with Crippen molar-refractivity contribution in [3.8, 4) is 6.07 Å². The quantitative estimate of drug-likeness (QED) is 0.829. The molecule has 1 rings (SSSR count). The average Bonchev–Trinajstić information content (AvgIpc) is 2.34. The molecule has 0 atom stereocenters. The molecule has 0 bridgehead atoms. The number of amides is 1. The molecule has 0 unspecified atom stereocenters. The number of nitrogens with one attached hydrogen (secondary N) is 1. The topological polar surface area (TPSA) is 99.4 Å². The minimum atomic E-state index is -1.19. The second-order valence-electron chi connectivity index (χ2n) is 3.68. The van der Waals surface area contributed by atoms with Gasteiger partial charge in [-0.1, -0.05) is 0 Å². The standard InChI is InChI=1S/C12H11FN2O4/c1-7-9(13)2-8(4-14)3-10(7)15-11(16)5-19-6-12(17)18/h2-3H,5-6H2,1H3,(H,15,16)(H,17,18). The maximum Gasteiger partial charge on any atom is 0.329 e. The molecule has 100 valence electrons. The molecule has 0 fully saturated rings. The third kappa shape index (κ3) is 4.37. The number of carboxylic acid groups (broad SMARTS) is 1. The molecular formula is C12H11FN2O4. The second-order valence-corrected chi connectivity index (χ2v) is 3.68. The van der Waals surface area contributed by atoms with Gasteiger partial charge in [0.1, 0.15) is 19.0 Å². The summed E-state index contributed by atoms with van der Waals surface area (Å²) in [4.78, 5) is 21.6. The van der Waals surface area contributed by atoms with Gasteiger partial charge in [0.15, 0.2) is 0 Å². The number of carbonyl (C=O) groups is 2. The zero-order valence-corrected chi connectivity index (χ0v) is 10.1. The monoisotopic (exact) mass is 266 g/mol. The van der Waals surface area contributed by atoms with Gasteiger partial charge in [0, 0.05) is 11.3 Å². The average molecular weight is 266 g/mol. The van der Waals surface area contributed by atoms with Crippen LogP contribution in [0.25, 0.3) is 0 Å². The van der Waals surface area contributed by atoms with E-state index in [9.17, 15) is 14.0 Å². The number of anilines is 1. The van der Waals surface area contributed by atoms with E-state index in [0.717, 1.165) is 6.07 Å². The van der Waals surface area contributed by atoms with Crippen molar-refractivity contribution in [2.45, 2.75) is 6.92 Å². The van der Waals surface area contributed by atoms with E-state index in [1.807, 2.05) is 0 Å². The first kappa shape index (κ1) is 14.6. The lowest BCUT2D eigenvalue weighted by atomic mass is 10.1. The second kappa shape index (κ2) is 6.47. The molecule has 0 saturated carbocycles. The highest BCUT2D eigenvalue weighted by Crippen LogP contribution is 2.20. The van der Waals surface area contributed by atoms with E-state index < -0.39 is 30.9 Å². The van der Waals surface area contributed by atoms with Gasteiger partial charge in [0.25, 0.3) is 0 Å². The smallest absolute Gasteiger partial charge is 0.329 e. The van der Waals surface area contributed by atoms with Crippen LogP contribution in [0.2, 0.25) is 0 Å². The van der Waals surface area contributed by atoms with Gasteiger partial charge in [-0.15, -0.1) is 0 Å². The summed E-state index contributed by atoms with van der Waals surface area (Å²) in [6.45, 7) is 0.382. The van der Waals surface area contributed by atoms with E-state index in [4.69, 9.17) is 10.4 Å². The largest absolute Gasteiger partial charge is 0.480 e. The highest BCUT2D eigenvalue weighted by molar-refractivity contribution is 5.92. The summed E-state index contributed by atoms with van der Waals surface area (Å²) in [7, 11) is 0. The summed E-state index contributed by atoms with van der Waals surface area (Å²) in [5.41, 5.74) is 0.413. The van der Waals surface area contributed by atoms with Crippen LogP contribution in [-0.4, -0.2) is 30.2 Å². The van der Waals surface area contributed by atoms with Gasteiger partial charge in [0.2, 0.25) is 5.91 Å². The van der Waals surface area contributed by atoms with Crippen molar-refractivity contribution in [3.63, 3.8) is 0 Å². The minimum Gasteiger partial charge on any atom is -0.480 e. The summed E-state index contributed by atoms with van der Waals surface area (Å²) in [6, 6.07) is 4.15. The van der Waals surface area contributed by atoms with E-state index in [1.165, 1.54) is 13.0 Å². The van der Waals surface area contributed by atoms with Gasteiger partial charge in [0.05, 0.1) is 11.6 Å². The molecular weight excluding hydrogens is 255 g/mol. The summed E-state index contributed by atoms with van der Waals surface area (Å²) in [5, 5.41) is 19.4. The number of rotatable bonds is 5. The Kier molecular flexibility index (Phi) is 4.97. The number of carboxylic acids is 1. The molecule has 1 aromatic rings. The van der Waals surface area contributed by atoms with E-state index in [0.29, 0.717) is 0 Å². The predicted octanol–water partition coefficient (Wildman–Crippen LogP) is 1.05. The van der Waals surface area contributed by atoms with Crippen LogP contribution in [0, 0.1) is 24.1 Å². The van der Waals surface area contributed by atoms with Crippen LogP contribution in [0.5, 0.6) is 0 Å². The molecule has 0 aliphatic carbocycles. The Balaban J connectivity index is 2.71. The fourth-order valence-corrected chi connectivity index (χ4v) is 1.29. The van der Waals surface area contributed by atoms with Crippen molar-refractivity contribution in [2.24, 2.45) is 0 Å². The van der Waals surface area contributed by atoms with Crippen molar-refractivity contribution < 1.29 is 23.8 Å². The first-order valence-corrected chi connectivity index (χ1v) is 5.23. The van der Waals surface area contributed by atoms with Crippen LogP contribution < -0.4 is 5.32 Å². The lowest BCUT2D eigenvalue weighted by Crippen LogP contribution is -2.21. The third-order valence-electron chi connectivity index (χ3n) is 2.21.